The van der Waals surface area contributed by atoms with E-state index >= 15 is 0 Å². The van der Waals surface area contributed by atoms with Crippen LogP contribution in [0.1, 0.15) is 27.7 Å². The van der Waals surface area contributed by atoms with Crippen molar-refractivity contribution in [2.75, 3.05) is 31.1 Å². The summed E-state index contributed by atoms with van der Waals surface area (Å²) in [4.78, 5) is 16.9. The van der Waals surface area contributed by atoms with Crippen molar-refractivity contribution in [2.24, 2.45) is 0 Å². The Labute approximate surface area is 180 Å². The molecule has 1 saturated heterocycles. The summed E-state index contributed by atoms with van der Waals surface area (Å²) < 4.78 is 1.51. The molecule has 1 aliphatic heterocycles. The second-order valence-corrected chi connectivity index (χ2v) is 7.90. The van der Waals surface area contributed by atoms with Gasteiger partial charge in [-0.15, -0.1) is 5.10 Å². The first-order valence-corrected chi connectivity index (χ1v) is 10.3. The highest BCUT2D eigenvalue weighted by molar-refractivity contribution is 6.30. The molecule has 8 heteroatoms. The summed E-state index contributed by atoms with van der Waals surface area (Å²) in [6.07, 6.45) is 0.891. The standard InChI is InChI=1S/C22H24ClN5O2/c1-16-7-8-18(23)13-20(16)26-9-11-27(12-10-26)22(30)19-14-28(25-24-19)15-21(29)17-5-3-2-4-6-17/h2-8,13-14,21,29H,9-12,15H2,1H3/t21-/m1/s1. The van der Waals surface area contributed by atoms with Gasteiger partial charge >= 0.3 is 0 Å². The number of benzene rings is 2. The molecule has 1 atom stereocenters. The van der Waals surface area contributed by atoms with E-state index in [9.17, 15) is 9.90 Å². The third-order valence-electron chi connectivity index (χ3n) is 5.38. The number of halogens is 1. The Morgan fingerprint density at radius 1 is 1.13 bits per heavy atom. The van der Waals surface area contributed by atoms with Crippen LogP contribution in [0, 0.1) is 6.92 Å². The lowest BCUT2D eigenvalue weighted by molar-refractivity contribution is 0.0740. The number of piperazine rings is 1. The topological polar surface area (TPSA) is 74.5 Å². The molecule has 1 fully saturated rings. The van der Waals surface area contributed by atoms with Crippen molar-refractivity contribution < 1.29 is 9.90 Å². The van der Waals surface area contributed by atoms with Crippen molar-refractivity contribution in [1.29, 1.82) is 0 Å². The molecule has 4 rings (SSSR count). The molecule has 0 bridgehead atoms. The van der Waals surface area contributed by atoms with Gasteiger partial charge in [-0.25, -0.2) is 4.68 Å². The van der Waals surface area contributed by atoms with Crippen LogP contribution < -0.4 is 4.90 Å². The number of hydrogen-bond donors (Lipinski definition) is 1. The number of amides is 1. The molecule has 1 aromatic heterocycles. The first-order valence-electron chi connectivity index (χ1n) is 9.95. The second-order valence-electron chi connectivity index (χ2n) is 7.46. The highest BCUT2D eigenvalue weighted by Gasteiger charge is 2.25. The Kier molecular flexibility index (Phi) is 6.01. The molecule has 0 radical (unpaired) electrons. The summed E-state index contributed by atoms with van der Waals surface area (Å²) in [6.45, 7) is 4.97. The van der Waals surface area contributed by atoms with Crippen LogP contribution in [0.5, 0.6) is 0 Å². The zero-order valence-electron chi connectivity index (χ0n) is 16.8. The molecule has 2 heterocycles. The van der Waals surface area contributed by atoms with Crippen molar-refractivity contribution in [3.05, 3.63) is 76.6 Å². The number of nitrogens with zero attached hydrogens (tertiary/aromatic N) is 5. The van der Waals surface area contributed by atoms with Crippen molar-refractivity contribution >= 4 is 23.2 Å². The Balaban J connectivity index is 1.36. The molecule has 1 amide bonds. The van der Waals surface area contributed by atoms with Gasteiger partial charge < -0.3 is 14.9 Å². The molecular weight excluding hydrogens is 402 g/mol. The smallest absolute Gasteiger partial charge is 0.276 e. The normalized spacial score (nSPS) is 15.3. The monoisotopic (exact) mass is 425 g/mol. The highest BCUT2D eigenvalue weighted by Crippen LogP contribution is 2.25. The van der Waals surface area contributed by atoms with Crippen LogP contribution >= 0.6 is 11.6 Å². The average molecular weight is 426 g/mol. The molecule has 0 saturated carbocycles. The molecule has 0 unspecified atom stereocenters. The Morgan fingerprint density at radius 3 is 2.60 bits per heavy atom. The zero-order valence-corrected chi connectivity index (χ0v) is 17.5. The van der Waals surface area contributed by atoms with Crippen LogP contribution in [0.4, 0.5) is 5.69 Å². The van der Waals surface area contributed by atoms with E-state index in [1.165, 1.54) is 10.2 Å². The molecule has 1 aliphatic rings. The quantitative estimate of drug-likeness (QED) is 0.680. The maximum Gasteiger partial charge on any atom is 0.276 e. The maximum atomic E-state index is 12.8. The van der Waals surface area contributed by atoms with Crippen LogP contribution in [0.2, 0.25) is 5.02 Å². The van der Waals surface area contributed by atoms with E-state index in [2.05, 4.69) is 22.1 Å². The van der Waals surface area contributed by atoms with E-state index in [1.807, 2.05) is 48.5 Å². The third kappa shape index (κ3) is 4.47. The van der Waals surface area contributed by atoms with Gasteiger partial charge in [0.25, 0.3) is 5.91 Å². The van der Waals surface area contributed by atoms with Gasteiger partial charge in [-0.05, 0) is 30.2 Å². The van der Waals surface area contributed by atoms with E-state index in [0.717, 1.165) is 24.3 Å². The van der Waals surface area contributed by atoms with Crippen LogP contribution in [-0.4, -0.2) is 57.1 Å². The zero-order chi connectivity index (χ0) is 21.1. The van der Waals surface area contributed by atoms with Crippen LogP contribution in [0.25, 0.3) is 0 Å². The molecule has 0 spiro atoms. The number of aliphatic hydroxyl groups excluding tert-OH is 1. The van der Waals surface area contributed by atoms with E-state index in [0.29, 0.717) is 23.8 Å². The molecule has 156 valence electrons. The van der Waals surface area contributed by atoms with E-state index in [4.69, 9.17) is 11.6 Å². The fraction of sp³-hybridized carbons (Fsp3) is 0.318. The number of hydrogen-bond acceptors (Lipinski definition) is 5. The van der Waals surface area contributed by atoms with Crippen LogP contribution in [0.3, 0.4) is 0 Å². The Hall–Kier alpha value is -2.90. The summed E-state index contributed by atoms with van der Waals surface area (Å²) in [5.41, 5.74) is 3.37. The summed E-state index contributed by atoms with van der Waals surface area (Å²) in [5, 5.41) is 19.1. The van der Waals surface area contributed by atoms with Crippen molar-refractivity contribution in [3.63, 3.8) is 0 Å². The van der Waals surface area contributed by atoms with E-state index in [-0.39, 0.29) is 12.5 Å². The minimum absolute atomic E-state index is 0.141. The van der Waals surface area contributed by atoms with Gasteiger partial charge in [-0.2, -0.15) is 0 Å². The summed E-state index contributed by atoms with van der Waals surface area (Å²) in [6, 6.07) is 15.2. The van der Waals surface area contributed by atoms with Gasteiger partial charge in [-0.1, -0.05) is 53.2 Å². The number of aliphatic hydroxyl groups is 1. The predicted molar refractivity (Wildman–Crippen MR) is 116 cm³/mol. The van der Waals surface area contributed by atoms with E-state index < -0.39 is 6.10 Å². The minimum Gasteiger partial charge on any atom is -0.386 e. The molecule has 7 nitrogen and oxygen atoms in total. The van der Waals surface area contributed by atoms with Gasteiger partial charge in [0.05, 0.1) is 18.8 Å². The van der Waals surface area contributed by atoms with Crippen LogP contribution in [0.15, 0.2) is 54.7 Å². The van der Waals surface area contributed by atoms with Gasteiger partial charge in [0, 0.05) is 36.9 Å². The molecule has 1 N–H and O–H groups in total. The number of anilines is 1. The van der Waals surface area contributed by atoms with Crippen LogP contribution in [-0.2, 0) is 6.54 Å². The third-order valence-corrected chi connectivity index (χ3v) is 5.62. The fourth-order valence-electron chi connectivity index (χ4n) is 3.68. The van der Waals surface area contributed by atoms with Gasteiger partial charge in [-0.3, -0.25) is 4.79 Å². The summed E-state index contributed by atoms with van der Waals surface area (Å²) in [5.74, 6) is -0.141. The first-order chi connectivity index (χ1) is 14.5. The molecule has 30 heavy (non-hydrogen) atoms. The molecule has 3 aromatic rings. The largest absolute Gasteiger partial charge is 0.386 e. The van der Waals surface area contributed by atoms with Gasteiger partial charge in [0.1, 0.15) is 0 Å². The maximum absolute atomic E-state index is 12.8. The molecule has 0 aliphatic carbocycles. The van der Waals surface area contributed by atoms with Crippen molar-refractivity contribution in [3.8, 4) is 0 Å². The number of aryl methyl sites for hydroxylation is 1. The number of carbonyl (C=O) groups excluding carboxylic acids is 1. The Bertz CT molecular complexity index is 1020. The second kappa shape index (κ2) is 8.85. The van der Waals surface area contributed by atoms with Crippen molar-refractivity contribution in [2.45, 2.75) is 19.6 Å². The van der Waals surface area contributed by atoms with Gasteiger partial charge in [0.2, 0.25) is 0 Å². The average Bonchev–Trinajstić information content (AvgIpc) is 3.24. The molecule has 2 aromatic carbocycles. The Morgan fingerprint density at radius 2 is 1.87 bits per heavy atom. The minimum atomic E-state index is -0.708. The SMILES string of the molecule is Cc1ccc(Cl)cc1N1CCN(C(=O)c2cn(C[C@@H](O)c3ccccc3)nn2)CC1. The van der Waals surface area contributed by atoms with Gasteiger partial charge in [0.15, 0.2) is 5.69 Å². The lowest BCUT2D eigenvalue weighted by Gasteiger charge is -2.36. The first kappa shape index (κ1) is 20.4. The summed E-state index contributed by atoms with van der Waals surface area (Å²) >= 11 is 6.15. The molecular formula is C22H24ClN5O2. The van der Waals surface area contributed by atoms with E-state index in [1.54, 1.807) is 11.1 Å². The fourth-order valence-corrected chi connectivity index (χ4v) is 3.85. The lowest BCUT2D eigenvalue weighted by atomic mass is 10.1. The number of rotatable bonds is 5. The highest BCUT2D eigenvalue weighted by atomic mass is 35.5. The number of carbonyl (C=O) groups is 1. The lowest BCUT2D eigenvalue weighted by Crippen LogP contribution is -2.49. The number of aromatic nitrogens is 3. The predicted octanol–water partition coefficient (Wildman–Crippen LogP) is 2.94. The van der Waals surface area contributed by atoms with Crippen molar-refractivity contribution in [1.82, 2.24) is 19.9 Å². The summed E-state index contributed by atoms with van der Waals surface area (Å²) in [7, 11) is 0.